The average molecular weight is 647 g/mol. The first-order valence-corrected chi connectivity index (χ1v) is 17.9. The second-order valence-electron chi connectivity index (χ2n) is 13.6. The zero-order valence-electron chi connectivity index (χ0n) is 28.5. The maximum absolute atomic E-state index is 4.61. The molecule has 0 saturated carbocycles. The summed E-state index contributed by atoms with van der Waals surface area (Å²) in [6.07, 6.45) is 17.0. The van der Waals surface area contributed by atoms with Crippen LogP contribution in [0.4, 0.5) is 5.69 Å². The minimum absolute atomic E-state index is 0.296. The molecule has 2 unspecified atom stereocenters. The third-order valence-electron chi connectivity index (χ3n) is 10.5. The summed E-state index contributed by atoms with van der Waals surface area (Å²) >= 11 is 0. The van der Waals surface area contributed by atoms with Gasteiger partial charge in [0.2, 0.25) is 0 Å². The van der Waals surface area contributed by atoms with Crippen molar-refractivity contribution in [2.24, 2.45) is 16.9 Å². The minimum Gasteiger partial charge on any atom is -0.278 e. The molecular formula is C48H42N2. The highest BCUT2D eigenvalue weighted by atomic mass is 15.3. The molecule has 0 aliphatic heterocycles. The second kappa shape index (κ2) is 14.4. The molecule has 6 aromatic carbocycles. The molecule has 1 N–H and O–H groups in total. The molecule has 0 bridgehead atoms. The summed E-state index contributed by atoms with van der Waals surface area (Å²) in [7, 11) is 0. The number of hydrogen-bond donors (Lipinski definition) is 1. The van der Waals surface area contributed by atoms with Crippen LogP contribution >= 0.6 is 0 Å². The van der Waals surface area contributed by atoms with Crippen LogP contribution in [-0.4, -0.2) is 6.21 Å². The quantitative estimate of drug-likeness (QED) is 0.123. The zero-order valence-corrected chi connectivity index (χ0v) is 28.5. The fourth-order valence-electron chi connectivity index (χ4n) is 8.05. The number of nitrogens with zero attached hydrogens (tertiary/aromatic N) is 1. The largest absolute Gasteiger partial charge is 0.278 e. The number of allylic oxidation sites excluding steroid dienone is 4. The Hall–Kier alpha value is -5.73. The van der Waals surface area contributed by atoms with Crippen LogP contribution in [-0.2, 0) is 0 Å². The lowest BCUT2D eigenvalue weighted by Crippen LogP contribution is -2.36. The Morgan fingerprint density at radius 1 is 0.700 bits per heavy atom. The van der Waals surface area contributed by atoms with Crippen LogP contribution in [0.5, 0.6) is 0 Å². The van der Waals surface area contributed by atoms with E-state index in [-0.39, 0.29) is 0 Å². The van der Waals surface area contributed by atoms with Gasteiger partial charge in [0, 0.05) is 5.92 Å². The van der Waals surface area contributed by atoms with Crippen molar-refractivity contribution in [2.45, 2.75) is 32.1 Å². The van der Waals surface area contributed by atoms with E-state index in [0.29, 0.717) is 17.8 Å². The first-order chi connectivity index (χ1) is 24.7. The van der Waals surface area contributed by atoms with E-state index in [1.54, 1.807) is 0 Å². The highest BCUT2D eigenvalue weighted by Crippen LogP contribution is 2.40. The smallest absolute Gasteiger partial charge is 0.0568 e. The van der Waals surface area contributed by atoms with Crippen molar-refractivity contribution in [3.8, 4) is 11.1 Å². The lowest BCUT2D eigenvalue weighted by molar-refractivity contribution is 0.410. The highest BCUT2D eigenvalue weighted by molar-refractivity contribution is 6.05. The van der Waals surface area contributed by atoms with Gasteiger partial charge in [0.15, 0.2) is 0 Å². The molecular weight excluding hydrogens is 605 g/mol. The lowest BCUT2D eigenvalue weighted by atomic mass is 9.72. The van der Waals surface area contributed by atoms with Crippen LogP contribution < -0.4 is 15.9 Å². The van der Waals surface area contributed by atoms with Gasteiger partial charge in [-0.1, -0.05) is 165 Å². The summed E-state index contributed by atoms with van der Waals surface area (Å²) in [6, 6.07) is 50.2. The Balaban J connectivity index is 1.32. The molecule has 0 radical (unpaired) electrons. The second-order valence-corrected chi connectivity index (χ2v) is 13.6. The number of nitrogens with one attached hydrogen (secondary N) is 1. The van der Waals surface area contributed by atoms with Gasteiger partial charge in [-0.15, -0.1) is 0 Å². The van der Waals surface area contributed by atoms with Crippen LogP contribution in [0.2, 0.25) is 0 Å². The van der Waals surface area contributed by atoms with E-state index in [2.05, 4.69) is 169 Å². The molecule has 0 heterocycles. The Kier molecular flexibility index (Phi) is 9.08. The van der Waals surface area contributed by atoms with Crippen LogP contribution in [0.25, 0.3) is 39.6 Å². The molecule has 2 nitrogen and oxygen atoms in total. The Morgan fingerprint density at radius 3 is 2.02 bits per heavy atom. The monoisotopic (exact) mass is 646 g/mol. The summed E-state index contributed by atoms with van der Waals surface area (Å²) < 4.78 is 0. The number of hydrazone groups is 1. The standard InChI is InChI=1S/C48H42N2/c1-34(46(36-19-9-3-10-20-36)37-21-11-4-12-22-37)40-27-29-42-44(31-40)47(38-23-13-5-14-24-38)43-30-28-41(50-49-33-35-17-7-2-8-18-35)32-45(43)48(42)39-25-15-6-16-26-39/h2-15,17-25,28-34,40,46,50H,16,26-27H2,1H3/b49-33+. The van der Waals surface area contributed by atoms with Crippen molar-refractivity contribution in [1.82, 2.24) is 0 Å². The van der Waals surface area contributed by atoms with Gasteiger partial charge in [-0.05, 0) is 103 Å². The maximum Gasteiger partial charge on any atom is 0.0568 e. The molecule has 0 aromatic heterocycles. The van der Waals surface area contributed by atoms with E-state index in [0.717, 1.165) is 30.5 Å². The van der Waals surface area contributed by atoms with E-state index < -0.39 is 0 Å². The van der Waals surface area contributed by atoms with Crippen molar-refractivity contribution in [1.29, 1.82) is 0 Å². The fraction of sp³-hybridized carbons (Fsp3) is 0.146. The summed E-state index contributed by atoms with van der Waals surface area (Å²) in [6.45, 7) is 2.46. The molecule has 8 rings (SSSR count). The van der Waals surface area contributed by atoms with Crippen molar-refractivity contribution in [2.75, 3.05) is 5.43 Å². The molecule has 0 amide bonds. The molecule has 0 saturated heterocycles. The Labute approximate surface area is 295 Å². The van der Waals surface area contributed by atoms with Crippen molar-refractivity contribution in [3.63, 3.8) is 0 Å². The molecule has 2 atom stereocenters. The third-order valence-corrected chi connectivity index (χ3v) is 10.5. The average Bonchev–Trinajstić information content (AvgIpc) is 3.18. The third kappa shape index (κ3) is 6.37. The number of anilines is 1. The maximum atomic E-state index is 4.61. The van der Waals surface area contributed by atoms with Gasteiger partial charge in [-0.25, -0.2) is 0 Å². The molecule has 6 aromatic rings. The number of benzene rings is 6. The van der Waals surface area contributed by atoms with Crippen LogP contribution in [0, 0.1) is 11.8 Å². The minimum atomic E-state index is 0.296. The normalized spacial score (nSPS) is 16.0. The molecule has 244 valence electrons. The van der Waals surface area contributed by atoms with Crippen LogP contribution in [0.15, 0.2) is 163 Å². The van der Waals surface area contributed by atoms with Gasteiger partial charge in [0.25, 0.3) is 0 Å². The number of fused-ring (bicyclic) bond motifs is 2. The summed E-state index contributed by atoms with van der Waals surface area (Å²) in [4.78, 5) is 0. The highest BCUT2D eigenvalue weighted by Gasteiger charge is 2.29. The van der Waals surface area contributed by atoms with E-state index >= 15 is 0 Å². The summed E-state index contributed by atoms with van der Waals surface area (Å²) in [5.41, 5.74) is 13.5. The van der Waals surface area contributed by atoms with Gasteiger partial charge in [-0.3, -0.25) is 5.43 Å². The lowest BCUT2D eigenvalue weighted by Gasteiger charge is -2.32. The van der Waals surface area contributed by atoms with Gasteiger partial charge < -0.3 is 0 Å². The first-order valence-electron chi connectivity index (χ1n) is 17.9. The molecule has 0 fully saturated rings. The number of rotatable bonds is 9. The SMILES string of the molecule is CC(C1C=c2c(-c3ccccc3)c3ccc(N/N=C/c4ccccc4)cc3c(C3=CC=CCC3)c2=CC1)C(c1ccccc1)c1ccccc1. The van der Waals surface area contributed by atoms with Crippen molar-refractivity contribution in [3.05, 3.63) is 190 Å². The fourth-order valence-corrected chi connectivity index (χ4v) is 8.05. The summed E-state index contributed by atoms with van der Waals surface area (Å²) in [5, 5.41) is 9.88. The Bertz CT molecular complexity index is 2280. The van der Waals surface area contributed by atoms with Crippen LogP contribution in [0.1, 0.15) is 54.4 Å². The van der Waals surface area contributed by atoms with Crippen molar-refractivity contribution >= 4 is 40.4 Å². The van der Waals surface area contributed by atoms with E-state index in [9.17, 15) is 0 Å². The molecule has 2 heteroatoms. The Morgan fingerprint density at radius 2 is 1.36 bits per heavy atom. The zero-order chi connectivity index (χ0) is 33.7. The van der Waals surface area contributed by atoms with Crippen LogP contribution in [0.3, 0.4) is 0 Å². The van der Waals surface area contributed by atoms with E-state index in [1.165, 1.54) is 54.6 Å². The topological polar surface area (TPSA) is 24.4 Å². The van der Waals surface area contributed by atoms with Crippen molar-refractivity contribution < 1.29 is 0 Å². The molecule has 0 spiro atoms. The van der Waals surface area contributed by atoms with Gasteiger partial charge in [0.05, 0.1) is 11.9 Å². The predicted molar refractivity (Wildman–Crippen MR) is 214 cm³/mol. The van der Waals surface area contributed by atoms with Gasteiger partial charge in [-0.2, -0.15) is 5.10 Å². The molecule has 2 aliphatic carbocycles. The van der Waals surface area contributed by atoms with E-state index in [4.69, 9.17) is 0 Å². The number of hydrogen-bond acceptors (Lipinski definition) is 2. The molecule has 50 heavy (non-hydrogen) atoms. The van der Waals surface area contributed by atoms with E-state index in [1.807, 2.05) is 24.4 Å². The van der Waals surface area contributed by atoms with Gasteiger partial charge in [0.1, 0.15) is 0 Å². The molecule has 2 aliphatic rings. The first kappa shape index (κ1) is 31.5. The predicted octanol–water partition coefficient (Wildman–Crippen LogP) is 10.7. The van der Waals surface area contributed by atoms with Gasteiger partial charge >= 0.3 is 0 Å². The summed E-state index contributed by atoms with van der Waals surface area (Å²) in [5.74, 6) is 1.05.